The van der Waals surface area contributed by atoms with E-state index in [1.165, 1.54) is 0 Å². The number of rotatable bonds is 5. The average molecular weight is 286 g/mol. The number of benzene rings is 1. The van der Waals surface area contributed by atoms with E-state index >= 15 is 0 Å². The summed E-state index contributed by atoms with van der Waals surface area (Å²) in [6.45, 7) is 2.32. The molecule has 0 saturated heterocycles. The molecule has 0 spiro atoms. The molecule has 0 atom stereocenters. The lowest BCUT2D eigenvalue weighted by Crippen LogP contribution is -2.14. The Morgan fingerprint density at radius 3 is 2.76 bits per heavy atom. The van der Waals surface area contributed by atoms with Crippen molar-refractivity contribution in [1.29, 1.82) is 0 Å². The molecule has 0 radical (unpaired) electrons. The van der Waals surface area contributed by atoms with Crippen LogP contribution in [-0.4, -0.2) is 25.1 Å². The predicted molar refractivity (Wildman–Crippen MR) is 80.6 cm³/mol. The molecule has 2 aromatic rings. The van der Waals surface area contributed by atoms with Crippen molar-refractivity contribution in [1.82, 2.24) is 4.98 Å². The molecule has 1 heterocycles. The fourth-order valence-electron chi connectivity index (χ4n) is 1.95. The van der Waals surface area contributed by atoms with Gasteiger partial charge in [0.05, 0.1) is 13.7 Å². The van der Waals surface area contributed by atoms with Crippen LogP contribution >= 0.6 is 0 Å². The Balaban J connectivity index is 2.21. The molecule has 5 nitrogen and oxygen atoms in total. The van der Waals surface area contributed by atoms with Gasteiger partial charge < -0.3 is 14.8 Å². The third kappa shape index (κ3) is 3.79. The van der Waals surface area contributed by atoms with Gasteiger partial charge in [-0.1, -0.05) is 12.1 Å². The molecular weight excluding hydrogens is 268 g/mol. The van der Waals surface area contributed by atoms with Gasteiger partial charge in [-0.2, -0.15) is 0 Å². The van der Waals surface area contributed by atoms with E-state index in [0.717, 1.165) is 11.3 Å². The van der Waals surface area contributed by atoms with Crippen LogP contribution in [0.1, 0.15) is 21.6 Å². The lowest BCUT2D eigenvalue weighted by atomic mass is 10.1. The molecule has 5 heteroatoms. The van der Waals surface area contributed by atoms with Crippen molar-refractivity contribution in [3.05, 3.63) is 53.2 Å². The number of nitrogens with zero attached hydrogens (tertiary/aromatic N) is 1. The normalized spacial score (nSPS) is 10.2. The lowest BCUT2D eigenvalue weighted by Gasteiger charge is -2.10. The Bertz CT molecular complexity index is 641. The third-order valence-electron chi connectivity index (χ3n) is 2.95. The minimum absolute atomic E-state index is 0.232. The first-order valence-electron chi connectivity index (χ1n) is 6.55. The van der Waals surface area contributed by atoms with Gasteiger partial charge in [0, 0.05) is 18.4 Å². The van der Waals surface area contributed by atoms with Gasteiger partial charge in [0.2, 0.25) is 0 Å². The summed E-state index contributed by atoms with van der Waals surface area (Å²) in [6, 6.07) is 10.9. The van der Waals surface area contributed by atoms with Crippen LogP contribution in [0.25, 0.3) is 0 Å². The smallest absolute Gasteiger partial charge is 0.256 e. The Labute approximate surface area is 123 Å². The number of carbonyl (C=O) groups is 1. The fraction of sp³-hybridized carbons (Fsp3) is 0.250. The lowest BCUT2D eigenvalue weighted by molar-refractivity contribution is 0.102. The number of nitrogens with one attached hydrogen (secondary N) is 1. The number of carbonyl (C=O) groups excluding carboxylic acids is 1. The van der Waals surface area contributed by atoms with Crippen LogP contribution in [0.5, 0.6) is 5.75 Å². The Hall–Kier alpha value is -2.40. The first-order chi connectivity index (χ1) is 10.1. The molecule has 0 aliphatic heterocycles. The van der Waals surface area contributed by atoms with Crippen LogP contribution in [0.4, 0.5) is 5.82 Å². The molecule has 0 fully saturated rings. The van der Waals surface area contributed by atoms with Gasteiger partial charge in [0.25, 0.3) is 5.91 Å². The van der Waals surface area contributed by atoms with Crippen molar-refractivity contribution in [2.45, 2.75) is 13.5 Å². The minimum Gasteiger partial charge on any atom is -0.493 e. The number of hydrogen-bond donors (Lipinski definition) is 1. The van der Waals surface area contributed by atoms with Crippen molar-refractivity contribution >= 4 is 11.7 Å². The summed E-state index contributed by atoms with van der Waals surface area (Å²) in [5, 5.41) is 2.77. The Morgan fingerprint density at radius 1 is 1.24 bits per heavy atom. The van der Waals surface area contributed by atoms with Crippen molar-refractivity contribution in [3.63, 3.8) is 0 Å². The van der Waals surface area contributed by atoms with Crippen molar-refractivity contribution in [2.75, 3.05) is 19.5 Å². The maximum absolute atomic E-state index is 12.3. The quantitative estimate of drug-likeness (QED) is 0.918. The van der Waals surface area contributed by atoms with Crippen LogP contribution in [0, 0.1) is 6.92 Å². The van der Waals surface area contributed by atoms with Gasteiger partial charge in [0.1, 0.15) is 0 Å². The molecule has 1 N–H and O–H groups in total. The number of ether oxygens (including phenoxy) is 2. The second-order valence-electron chi connectivity index (χ2n) is 4.59. The molecule has 1 aromatic carbocycles. The zero-order chi connectivity index (χ0) is 15.2. The van der Waals surface area contributed by atoms with E-state index in [-0.39, 0.29) is 5.91 Å². The molecule has 110 valence electrons. The zero-order valence-corrected chi connectivity index (χ0v) is 12.3. The number of aromatic nitrogens is 1. The van der Waals surface area contributed by atoms with E-state index in [0.29, 0.717) is 23.7 Å². The van der Waals surface area contributed by atoms with Crippen LogP contribution in [0.15, 0.2) is 36.4 Å². The molecule has 1 aromatic heterocycles. The highest BCUT2D eigenvalue weighted by molar-refractivity contribution is 6.04. The molecule has 21 heavy (non-hydrogen) atoms. The first-order valence-corrected chi connectivity index (χ1v) is 6.55. The fourth-order valence-corrected chi connectivity index (χ4v) is 1.95. The van der Waals surface area contributed by atoms with Gasteiger partial charge in [0.15, 0.2) is 11.6 Å². The molecule has 0 saturated carbocycles. The number of pyridine rings is 1. The summed E-state index contributed by atoms with van der Waals surface area (Å²) in [6.07, 6.45) is 0. The molecule has 2 rings (SSSR count). The van der Waals surface area contributed by atoms with Crippen molar-refractivity contribution in [2.24, 2.45) is 0 Å². The second kappa shape index (κ2) is 6.85. The van der Waals surface area contributed by atoms with Crippen LogP contribution < -0.4 is 10.1 Å². The Kier molecular flexibility index (Phi) is 4.90. The summed E-state index contributed by atoms with van der Waals surface area (Å²) < 4.78 is 10.3. The van der Waals surface area contributed by atoms with Gasteiger partial charge in [-0.15, -0.1) is 0 Å². The van der Waals surface area contributed by atoms with Crippen LogP contribution in [-0.2, 0) is 11.3 Å². The van der Waals surface area contributed by atoms with E-state index in [2.05, 4.69) is 10.3 Å². The highest BCUT2D eigenvalue weighted by Gasteiger charge is 2.11. The molecule has 1 amide bonds. The zero-order valence-electron chi connectivity index (χ0n) is 12.3. The largest absolute Gasteiger partial charge is 0.493 e. The van der Waals surface area contributed by atoms with E-state index < -0.39 is 0 Å². The van der Waals surface area contributed by atoms with Crippen molar-refractivity contribution < 1.29 is 14.3 Å². The van der Waals surface area contributed by atoms with Gasteiger partial charge in [-0.25, -0.2) is 4.98 Å². The van der Waals surface area contributed by atoms with Crippen molar-refractivity contribution in [3.8, 4) is 5.75 Å². The summed E-state index contributed by atoms with van der Waals surface area (Å²) in [7, 11) is 3.16. The monoisotopic (exact) mass is 286 g/mol. The number of methoxy groups -OCH3 is 2. The highest BCUT2D eigenvalue weighted by atomic mass is 16.5. The standard InChI is InChI=1S/C16H18N2O3/c1-11-7-8-14(21-3)15(17-11)18-16(19)13-6-4-5-12(9-13)10-20-2/h4-9H,10H2,1-3H3,(H,17,18,19). The average Bonchev–Trinajstić information content (AvgIpc) is 2.48. The summed E-state index contributed by atoms with van der Waals surface area (Å²) in [4.78, 5) is 16.6. The van der Waals surface area contributed by atoms with E-state index in [1.807, 2.05) is 25.1 Å². The Morgan fingerprint density at radius 2 is 2.05 bits per heavy atom. The van der Waals surface area contributed by atoms with E-state index in [4.69, 9.17) is 9.47 Å². The maximum Gasteiger partial charge on any atom is 0.256 e. The van der Waals surface area contributed by atoms with Gasteiger partial charge in [-0.3, -0.25) is 4.79 Å². The molecule has 0 unspecified atom stereocenters. The van der Waals surface area contributed by atoms with Gasteiger partial charge in [-0.05, 0) is 36.8 Å². The maximum atomic E-state index is 12.3. The van der Waals surface area contributed by atoms with E-state index in [1.54, 1.807) is 32.4 Å². The second-order valence-corrected chi connectivity index (χ2v) is 4.59. The molecular formula is C16H18N2O3. The summed E-state index contributed by atoms with van der Waals surface area (Å²) in [5.41, 5.74) is 2.29. The third-order valence-corrected chi connectivity index (χ3v) is 2.95. The number of anilines is 1. The van der Waals surface area contributed by atoms with Crippen LogP contribution in [0.2, 0.25) is 0 Å². The number of amides is 1. The predicted octanol–water partition coefficient (Wildman–Crippen LogP) is 2.80. The number of aryl methyl sites for hydroxylation is 1. The molecule has 0 aliphatic carbocycles. The molecule has 0 bridgehead atoms. The summed E-state index contributed by atoms with van der Waals surface area (Å²) >= 11 is 0. The molecule has 0 aliphatic rings. The van der Waals surface area contributed by atoms with E-state index in [9.17, 15) is 4.79 Å². The SMILES string of the molecule is COCc1cccc(C(=O)Nc2nc(C)ccc2OC)c1. The van der Waals surface area contributed by atoms with Gasteiger partial charge >= 0.3 is 0 Å². The number of hydrogen-bond acceptors (Lipinski definition) is 4. The topological polar surface area (TPSA) is 60.5 Å². The van der Waals surface area contributed by atoms with Crippen LogP contribution in [0.3, 0.4) is 0 Å². The highest BCUT2D eigenvalue weighted by Crippen LogP contribution is 2.22. The minimum atomic E-state index is -0.232. The summed E-state index contributed by atoms with van der Waals surface area (Å²) in [5.74, 6) is 0.714. The first kappa shape index (κ1) is 15.0.